The highest BCUT2D eigenvalue weighted by Gasteiger charge is 2.21. The Labute approximate surface area is 128 Å². The van der Waals surface area contributed by atoms with Crippen molar-refractivity contribution in [2.45, 2.75) is 36.6 Å². The summed E-state index contributed by atoms with van der Waals surface area (Å²) >= 11 is 1.31. The van der Waals surface area contributed by atoms with Crippen LogP contribution in [0.1, 0.15) is 23.3 Å². The lowest BCUT2D eigenvalue weighted by Gasteiger charge is -2.08. The second-order valence-corrected chi connectivity index (χ2v) is 8.25. The summed E-state index contributed by atoms with van der Waals surface area (Å²) in [4.78, 5) is 4.99. The first-order chi connectivity index (χ1) is 10.0. The third-order valence-electron chi connectivity index (χ3n) is 3.31. The Kier molecular flexibility index (Phi) is 3.97. The van der Waals surface area contributed by atoms with Gasteiger partial charge in [0.25, 0.3) is 10.0 Å². The minimum atomic E-state index is -3.52. The number of sulfonamides is 1. The topological polar surface area (TPSA) is 71.1 Å². The van der Waals surface area contributed by atoms with E-state index in [1.54, 1.807) is 24.5 Å². The Morgan fingerprint density at radius 3 is 2.86 bits per heavy atom. The number of aromatic nitrogens is 1. The van der Waals surface area contributed by atoms with E-state index in [2.05, 4.69) is 15.0 Å². The lowest BCUT2D eigenvalue weighted by molar-refractivity contribution is 0.603. The molecule has 1 fully saturated rings. The minimum Gasteiger partial charge on any atom is -0.309 e. The Balaban J connectivity index is 1.73. The summed E-state index contributed by atoms with van der Waals surface area (Å²) in [5.74, 6) is 0. The molecule has 2 N–H and O–H groups in total. The summed E-state index contributed by atoms with van der Waals surface area (Å²) in [7, 11) is -3.52. The van der Waals surface area contributed by atoms with Crippen LogP contribution in [0.25, 0.3) is 0 Å². The van der Waals surface area contributed by atoms with Crippen molar-refractivity contribution < 1.29 is 8.42 Å². The van der Waals surface area contributed by atoms with Gasteiger partial charge in [-0.2, -0.15) is 0 Å². The van der Waals surface area contributed by atoms with E-state index in [4.69, 9.17) is 0 Å². The van der Waals surface area contributed by atoms with Crippen LogP contribution in [0.3, 0.4) is 0 Å². The van der Waals surface area contributed by atoms with E-state index in [-0.39, 0.29) is 0 Å². The van der Waals surface area contributed by atoms with Gasteiger partial charge >= 0.3 is 0 Å². The average molecular weight is 323 g/mol. The van der Waals surface area contributed by atoms with Crippen molar-refractivity contribution in [1.82, 2.24) is 10.3 Å². The van der Waals surface area contributed by atoms with Crippen molar-refractivity contribution in [3.05, 3.63) is 41.0 Å². The molecular formula is C14H17N3O2S2. The molecule has 0 atom stereocenters. The van der Waals surface area contributed by atoms with Gasteiger partial charge in [0, 0.05) is 29.9 Å². The van der Waals surface area contributed by atoms with Crippen LogP contribution in [-0.4, -0.2) is 19.4 Å². The normalized spacial score (nSPS) is 15.1. The number of rotatable bonds is 6. The van der Waals surface area contributed by atoms with Crippen molar-refractivity contribution in [3.63, 3.8) is 0 Å². The fourth-order valence-corrected chi connectivity index (χ4v) is 4.35. The highest BCUT2D eigenvalue weighted by atomic mass is 32.2. The minimum absolute atomic E-state index is 0.339. The monoisotopic (exact) mass is 323 g/mol. The molecular weight excluding hydrogens is 306 g/mol. The highest BCUT2D eigenvalue weighted by Crippen LogP contribution is 2.26. The first kappa shape index (κ1) is 14.5. The number of aryl methyl sites for hydroxylation is 1. The van der Waals surface area contributed by atoms with Crippen LogP contribution in [-0.2, 0) is 16.6 Å². The van der Waals surface area contributed by atoms with Crippen molar-refractivity contribution >= 4 is 27.0 Å². The quantitative estimate of drug-likeness (QED) is 0.857. The van der Waals surface area contributed by atoms with Crippen molar-refractivity contribution in [2.75, 3.05) is 4.72 Å². The lowest BCUT2D eigenvalue weighted by Crippen LogP contribution is -2.14. The summed E-state index contributed by atoms with van der Waals surface area (Å²) in [6.07, 6.45) is 5.65. The number of thiophene rings is 1. The van der Waals surface area contributed by atoms with Crippen LogP contribution in [0.4, 0.5) is 5.69 Å². The standard InChI is InChI=1S/C14H17N3O2S2/c1-10-8-15-7-6-13(10)17-21(18,19)14-5-4-12(20-14)9-16-11-2-3-11/h4-8,11,16H,2-3,9H2,1H3,(H,15,17). The molecule has 0 radical (unpaired) electrons. The fraction of sp³-hybridized carbons (Fsp3) is 0.357. The van der Waals surface area contributed by atoms with E-state index in [1.807, 2.05) is 13.0 Å². The molecule has 0 bridgehead atoms. The van der Waals surface area contributed by atoms with E-state index >= 15 is 0 Å². The Bertz CT molecular complexity index is 736. The van der Waals surface area contributed by atoms with Gasteiger partial charge in [0.15, 0.2) is 0 Å². The first-order valence-corrected chi connectivity index (χ1v) is 9.10. The smallest absolute Gasteiger partial charge is 0.271 e. The number of hydrogen-bond donors (Lipinski definition) is 2. The van der Waals surface area contributed by atoms with Crippen LogP contribution >= 0.6 is 11.3 Å². The number of pyridine rings is 1. The third-order valence-corrected chi connectivity index (χ3v) is 6.25. The largest absolute Gasteiger partial charge is 0.309 e. The molecule has 7 heteroatoms. The molecule has 1 aliphatic carbocycles. The van der Waals surface area contributed by atoms with Gasteiger partial charge in [-0.1, -0.05) is 0 Å². The number of nitrogens with one attached hydrogen (secondary N) is 2. The molecule has 0 amide bonds. The van der Waals surface area contributed by atoms with Gasteiger partial charge in [0.2, 0.25) is 0 Å². The molecule has 0 unspecified atom stereocenters. The van der Waals surface area contributed by atoms with Gasteiger partial charge < -0.3 is 5.32 Å². The number of nitrogens with zero attached hydrogens (tertiary/aromatic N) is 1. The summed E-state index contributed by atoms with van der Waals surface area (Å²) < 4.78 is 27.7. The molecule has 0 spiro atoms. The maximum atomic E-state index is 12.4. The molecule has 1 saturated carbocycles. The number of anilines is 1. The van der Waals surface area contributed by atoms with Gasteiger partial charge in [0.05, 0.1) is 5.69 Å². The lowest BCUT2D eigenvalue weighted by atomic mass is 10.3. The molecule has 1 aliphatic rings. The molecule has 2 aromatic heterocycles. The first-order valence-electron chi connectivity index (χ1n) is 6.80. The average Bonchev–Trinajstić information content (AvgIpc) is 3.15. The Morgan fingerprint density at radius 1 is 1.33 bits per heavy atom. The van der Waals surface area contributed by atoms with E-state index in [0.717, 1.165) is 17.0 Å². The molecule has 0 aromatic carbocycles. The predicted octanol–water partition coefficient (Wildman–Crippen LogP) is 2.50. The third kappa shape index (κ3) is 3.61. The summed E-state index contributed by atoms with van der Waals surface area (Å²) in [5.41, 5.74) is 1.37. The van der Waals surface area contributed by atoms with Crippen molar-refractivity contribution in [2.24, 2.45) is 0 Å². The van der Waals surface area contributed by atoms with Crippen LogP contribution in [0, 0.1) is 6.92 Å². The number of hydrogen-bond acceptors (Lipinski definition) is 5. The van der Waals surface area contributed by atoms with Gasteiger partial charge in [0.1, 0.15) is 4.21 Å². The molecule has 5 nitrogen and oxygen atoms in total. The predicted molar refractivity (Wildman–Crippen MR) is 84.0 cm³/mol. The van der Waals surface area contributed by atoms with Crippen LogP contribution in [0.5, 0.6) is 0 Å². The summed E-state index contributed by atoms with van der Waals surface area (Å²) in [6, 6.07) is 5.81. The Hall–Kier alpha value is -1.44. The maximum absolute atomic E-state index is 12.4. The summed E-state index contributed by atoms with van der Waals surface area (Å²) in [5, 5.41) is 3.38. The zero-order valence-corrected chi connectivity index (χ0v) is 13.3. The SMILES string of the molecule is Cc1cnccc1NS(=O)(=O)c1ccc(CNC2CC2)s1. The summed E-state index contributed by atoms with van der Waals surface area (Å²) in [6.45, 7) is 2.56. The zero-order chi connectivity index (χ0) is 14.9. The highest BCUT2D eigenvalue weighted by molar-refractivity contribution is 7.94. The maximum Gasteiger partial charge on any atom is 0.271 e. The van der Waals surface area contributed by atoms with Crippen LogP contribution in [0.2, 0.25) is 0 Å². The van der Waals surface area contributed by atoms with Gasteiger partial charge in [-0.05, 0) is 43.5 Å². The van der Waals surface area contributed by atoms with Crippen LogP contribution in [0.15, 0.2) is 34.8 Å². The molecule has 2 aromatic rings. The molecule has 0 aliphatic heterocycles. The zero-order valence-electron chi connectivity index (χ0n) is 11.7. The molecule has 112 valence electrons. The van der Waals surface area contributed by atoms with Gasteiger partial charge in [-0.15, -0.1) is 11.3 Å². The Morgan fingerprint density at radius 2 is 2.14 bits per heavy atom. The van der Waals surface area contributed by atoms with E-state index in [0.29, 0.717) is 15.9 Å². The second-order valence-electron chi connectivity index (χ2n) is 5.17. The van der Waals surface area contributed by atoms with E-state index in [1.165, 1.54) is 24.2 Å². The molecule has 2 heterocycles. The molecule has 0 saturated heterocycles. The van der Waals surface area contributed by atoms with Crippen molar-refractivity contribution in [3.8, 4) is 0 Å². The van der Waals surface area contributed by atoms with Crippen LogP contribution < -0.4 is 10.0 Å². The second kappa shape index (κ2) is 5.75. The van der Waals surface area contributed by atoms with Gasteiger partial charge in [-0.25, -0.2) is 8.42 Å². The fourth-order valence-electron chi connectivity index (χ4n) is 1.91. The van der Waals surface area contributed by atoms with E-state index in [9.17, 15) is 8.42 Å². The molecule has 3 rings (SSSR count). The molecule has 21 heavy (non-hydrogen) atoms. The van der Waals surface area contributed by atoms with Crippen molar-refractivity contribution in [1.29, 1.82) is 0 Å². The van der Waals surface area contributed by atoms with Gasteiger partial charge in [-0.3, -0.25) is 9.71 Å². The van der Waals surface area contributed by atoms with E-state index < -0.39 is 10.0 Å².